The largest absolute Gasteiger partial charge is 0.495 e. The normalized spacial score (nSPS) is 16.2. The molecule has 0 spiro atoms. The Morgan fingerprint density at radius 2 is 1.78 bits per heavy atom. The Balaban J connectivity index is 2.39. The van der Waals surface area contributed by atoms with Crippen LogP contribution in [0, 0.1) is 0 Å². The SMILES string of the molecule is COc1cc(C2C(=O)NC(=O)NC2=O)ccc1N. The summed E-state index contributed by atoms with van der Waals surface area (Å²) in [7, 11) is 1.43. The fourth-order valence-electron chi connectivity index (χ4n) is 1.73. The topological polar surface area (TPSA) is 111 Å². The molecular weight excluding hydrogens is 238 g/mol. The monoisotopic (exact) mass is 249 g/mol. The Labute approximate surface area is 102 Å². The lowest BCUT2D eigenvalue weighted by atomic mass is 9.95. The molecule has 1 aromatic carbocycles. The second kappa shape index (κ2) is 4.36. The van der Waals surface area contributed by atoms with Gasteiger partial charge < -0.3 is 10.5 Å². The molecule has 1 fully saturated rings. The molecule has 1 aromatic rings. The lowest BCUT2D eigenvalue weighted by Crippen LogP contribution is -2.54. The minimum absolute atomic E-state index is 0.366. The number of urea groups is 1. The van der Waals surface area contributed by atoms with Crippen LogP contribution < -0.4 is 21.1 Å². The second-order valence-corrected chi connectivity index (χ2v) is 3.74. The number of hydrogen-bond donors (Lipinski definition) is 3. The van der Waals surface area contributed by atoms with Gasteiger partial charge in [-0.05, 0) is 17.7 Å². The Morgan fingerprint density at radius 1 is 1.17 bits per heavy atom. The molecular formula is C11H11N3O4. The highest BCUT2D eigenvalue weighted by Gasteiger charge is 2.35. The third-order valence-electron chi connectivity index (χ3n) is 2.59. The molecule has 1 aliphatic heterocycles. The molecule has 0 radical (unpaired) electrons. The summed E-state index contributed by atoms with van der Waals surface area (Å²) in [4.78, 5) is 34.2. The van der Waals surface area contributed by atoms with Crippen molar-refractivity contribution in [1.29, 1.82) is 0 Å². The van der Waals surface area contributed by atoms with Gasteiger partial charge in [-0.1, -0.05) is 6.07 Å². The van der Waals surface area contributed by atoms with Crippen LogP contribution in [0.1, 0.15) is 11.5 Å². The van der Waals surface area contributed by atoms with E-state index in [-0.39, 0.29) is 0 Å². The van der Waals surface area contributed by atoms with Crippen molar-refractivity contribution in [3.05, 3.63) is 23.8 Å². The van der Waals surface area contributed by atoms with Gasteiger partial charge in [0.15, 0.2) is 0 Å². The molecule has 0 atom stereocenters. The van der Waals surface area contributed by atoms with Gasteiger partial charge in [0.2, 0.25) is 11.8 Å². The summed E-state index contributed by atoms with van der Waals surface area (Å²) in [6, 6.07) is 3.75. The molecule has 0 aliphatic carbocycles. The van der Waals surface area contributed by atoms with Gasteiger partial charge in [-0.2, -0.15) is 0 Å². The number of nitrogen functional groups attached to an aromatic ring is 1. The first kappa shape index (κ1) is 11.9. The fraction of sp³-hybridized carbons (Fsp3) is 0.182. The summed E-state index contributed by atoms with van der Waals surface area (Å²) in [5, 5.41) is 4.06. The van der Waals surface area contributed by atoms with E-state index in [9.17, 15) is 14.4 Å². The predicted molar refractivity (Wildman–Crippen MR) is 61.8 cm³/mol. The van der Waals surface area contributed by atoms with Crippen LogP contribution in [-0.4, -0.2) is 25.0 Å². The number of carbonyl (C=O) groups excluding carboxylic acids is 3. The van der Waals surface area contributed by atoms with E-state index in [4.69, 9.17) is 10.5 Å². The Hall–Kier alpha value is -2.57. The van der Waals surface area contributed by atoms with E-state index in [2.05, 4.69) is 0 Å². The van der Waals surface area contributed by atoms with Gasteiger partial charge in [-0.25, -0.2) is 4.79 Å². The molecule has 4 amide bonds. The van der Waals surface area contributed by atoms with Crippen molar-refractivity contribution in [2.24, 2.45) is 0 Å². The molecule has 7 nitrogen and oxygen atoms in total. The van der Waals surface area contributed by atoms with E-state index >= 15 is 0 Å². The molecule has 0 aromatic heterocycles. The summed E-state index contributed by atoms with van der Waals surface area (Å²) in [6.45, 7) is 0. The van der Waals surface area contributed by atoms with Crippen LogP contribution in [0.15, 0.2) is 18.2 Å². The maximum absolute atomic E-state index is 11.6. The van der Waals surface area contributed by atoms with Crippen LogP contribution in [0.25, 0.3) is 0 Å². The van der Waals surface area contributed by atoms with E-state index in [0.29, 0.717) is 17.0 Å². The number of hydrogen-bond acceptors (Lipinski definition) is 5. The molecule has 1 heterocycles. The Kier molecular flexibility index (Phi) is 2.88. The van der Waals surface area contributed by atoms with Gasteiger partial charge in [0, 0.05) is 0 Å². The maximum Gasteiger partial charge on any atom is 0.328 e. The zero-order valence-corrected chi connectivity index (χ0v) is 9.52. The van der Waals surface area contributed by atoms with E-state index in [1.54, 1.807) is 0 Å². The number of amides is 4. The fourth-order valence-corrected chi connectivity index (χ4v) is 1.73. The van der Waals surface area contributed by atoms with Crippen LogP contribution in [-0.2, 0) is 9.59 Å². The average Bonchev–Trinajstić information content (AvgIpc) is 2.30. The highest BCUT2D eigenvalue weighted by Crippen LogP contribution is 2.27. The van der Waals surface area contributed by atoms with Gasteiger partial charge in [-0.15, -0.1) is 0 Å². The predicted octanol–water partition coefficient (Wildman–Crippen LogP) is -0.273. The second-order valence-electron chi connectivity index (χ2n) is 3.74. The van der Waals surface area contributed by atoms with Crippen LogP contribution in [0.3, 0.4) is 0 Å². The van der Waals surface area contributed by atoms with Crippen molar-refractivity contribution in [3.8, 4) is 5.75 Å². The molecule has 94 valence electrons. The summed E-state index contributed by atoms with van der Waals surface area (Å²) in [6.07, 6.45) is 0. The highest BCUT2D eigenvalue weighted by molar-refractivity contribution is 6.19. The summed E-state index contributed by atoms with van der Waals surface area (Å²) in [5.41, 5.74) is 6.44. The lowest BCUT2D eigenvalue weighted by Gasteiger charge is -2.21. The molecule has 1 saturated heterocycles. The van der Waals surface area contributed by atoms with Crippen molar-refractivity contribution in [1.82, 2.24) is 10.6 Å². The summed E-state index contributed by atoms with van der Waals surface area (Å²) >= 11 is 0. The summed E-state index contributed by atoms with van der Waals surface area (Å²) < 4.78 is 5.01. The molecule has 18 heavy (non-hydrogen) atoms. The first-order valence-corrected chi connectivity index (χ1v) is 5.12. The molecule has 2 rings (SSSR count). The number of benzene rings is 1. The minimum atomic E-state index is -1.09. The molecule has 7 heteroatoms. The highest BCUT2D eigenvalue weighted by atomic mass is 16.5. The number of imide groups is 2. The van der Waals surface area contributed by atoms with Crippen LogP contribution in [0.5, 0.6) is 5.75 Å². The smallest absolute Gasteiger partial charge is 0.328 e. The third kappa shape index (κ3) is 1.97. The van der Waals surface area contributed by atoms with Gasteiger partial charge in [0.05, 0.1) is 12.8 Å². The van der Waals surface area contributed by atoms with Gasteiger partial charge >= 0.3 is 6.03 Å². The van der Waals surface area contributed by atoms with Crippen LogP contribution >= 0.6 is 0 Å². The van der Waals surface area contributed by atoms with Gasteiger partial charge in [0.25, 0.3) is 0 Å². The first-order chi connectivity index (χ1) is 8.52. The number of rotatable bonds is 2. The Bertz CT molecular complexity index is 521. The van der Waals surface area contributed by atoms with Crippen molar-refractivity contribution in [2.45, 2.75) is 5.92 Å². The van der Waals surface area contributed by atoms with E-state index < -0.39 is 23.8 Å². The Morgan fingerprint density at radius 3 is 2.33 bits per heavy atom. The zero-order valence-electron chi connectivity index (χ0n) is 9.52. The summed E-state index contributed by atoms with van der Waals surface area (Å²) in [5.74, 6) is -2.06. The van der Waals surface area contributed by atoms with Crippen LogP contribution in [0.4, 0.5) is 10.5 Å². The van der Waals surface area contributed by atoms with Crippen molar-refractivity contribution in [2.75, 3.05) is 12.8 Å². The maximum atomic E-state index is 11.6. The molecule has 1 aliphatic rings. The number of ether oxygens (including phenoxy) is 1. The number of carbonyl (C=O) groups is 3. The molecule has 0 saturated carbocycles. The third-order valence-corrected chi connectivity index (χ3v) is 2.59. The number of nitrogens with two attached hydrogens (primary N) is 1. The quantitative estimate of drug-likeness (QED) is 0.493. The number of barbiturate groups is 1. The zero-order chi connectivity index (χ0) is 13.3. The van der Waals surface area contributed by atoms with Gasteiger partial charge in [0.1, 0.15) is 11.7 Å². The molecule has 4 N–H and O–H groups in total. The standard InChI is InChI=1S/C11H11N3O4/c1-18-7-4-5(2-3-6(7)12)8-9(15)13-11(17)14-10(8)16/h2-4,8H,12H2,1H3,(H2,13,14,15,16,17). The number of nitrogens with one attached hydrogen (secondary N) is 2. The van der Waals surface area contributed by atoms with Crippen molar-refractivity contribution >= 4 is 23.5 Å². The van der Waals surface area contributed by atoms with Gasteiger partial charge in [-0.3, -0.25) is 20.2 Å². The van der Waals surface area contributed by atoms with E-state index in [1.165, 1.54) is 25.3 Å². The van der Waals surface area contributed by atoms with Crippen LogP contribution in [0.2, 0.25) is 0 Å². The molecule has 0 bridgehead atoms. The first-order valence-electron chi connectivity index (χ1n) is 5.12. The lowest BCUT2D eigenvalue weighted by molar-refractivity contribution is -0.132. The van der Waals surface area contributed by atoms with Crippen molar-refractivity contribution < 1.29 is 19.1 Å². The number of anilines is 1. The number of methoxy groups -OCH3 is 1. The molecule has 0 unspecified atom stereocenters. The van der Waals surface area contributed by atoms with Crippen molar-refractivity contribution in [3.63, 3.8) is 0 Å². The average molecular weight is 249 g/mol. The minimum Gasteiger partial charge on any atom is -0.495 e. The van der Waals surface area contributed by atoms with E-state index in [0.717, 1.165) is 0 Å². The van der Waals surface area contributed by atoms with E-state index in [1.807, 2.05) is 10.6 Å².